The molecule has 37 heavy (non-hydrogen) atoms. The smallest absolute Gasteiger partial charge is 0.254 e. The SMILES string of the molecule is COc1ccc(C(=O)N2CC3(CCCC3NC(=O)/C=C/c3cc(F)c(F)c(F)c3)C2)cc1OCC1CC1. The molecule has 0 bridgehead atoms. The van der Waals surface area contributed by atoms with Crippen molar-refractivity contribution in [3.8, 4) is 11.5 Å². The molecule has 6 nitrogen and oxygen atoms in total. The summed E-state index contributed by atoms with van der Waals surface area (Å²) in [5.74, 6) is -2.95. The summed E-state index contributed by atoms with van der Waals surface area (Å²) in [5, 5.41) is 2.98. The Morgan fingerprint density at radius 2 is 1.81 bits per heavy atom. The molecule has 196 valence electrons. The molecule has 1 N–H and O–H groups in total. The van der Waals surface area contributed by atoms with Crippen molar-refractivity contribution in [1.29, 1.82) is 0 Å². The number of nitrogens with one attached hydrogen (secondary N) is 1. The van der Waals surface area contributed by atoms with Crippen LogP contribution < -0.4 is 14.8 Å². The molecule has 1 atom stereocenters. The molecule has 1 heterocycles. The van der Waals surface area contributed by atoms with Crippen molar-refractivity contribution in [3.63, 3.8) is 0 Å². The van der Waals surface area contributed by atoms with Gasteiger partial charge in [0, 0.05) is 36.2 Å². The number of hydrogen-bond acceptors (Lipinski definition) is 4. The highest BCUT2D eigenvalue weighted by Gasteiger charge is 2.53. The van der Waals surface area contributed by atoms with E-state index in [1.54, 1.807) is 30.2 Å². The number of likely N-dealkylation sites (tertiary alicyclic amines) is 1. The number of benzene rings is 2. The standard InChI is InChI=1S/C28H29F3N2O4/c1-36-22-8-7-19(13-23(22)37-14-17-4-5-17)27(35)33-15-28(16-33)10-2-3-24(28)32-25(34)9-6-18-11-20(29)26(31)21(30)12-18/h6-9,11-13,17,24H,2-5,10,14-16H2,1H3,(H,32,34)/b9-6+. The number of amides is 2. The summed E-state index contributed by atoms with van der Waals surface area (Å²) < 4.78 is 51.2. The van der Waals surface area contributed by atoms with Crippen molar-refractivity contribution in [2.75, 3.05) is 26.8 Å². The maximum Gasteiger partial charge on any atom is 0.254 e. The monoisotopic (exact) mass is 514 g/mol. The van der Waals surface area contributed by atoms with Crippen LogP contribution in [0.15, 0.2) is 36.4 Å². The normalized spacial score (nSPS) is 20.2. The highest BCUT2D eigenvalue weighted by molar-refractivity contribution is 5.96. The lowest BCUT2D eigenvalue weighted by molar-refractivity contribution is -0.118. The molecule has 2 aromatic rings. The molecule has 2 amide bonds. The van der Waals surface area contributed by atoms with E-state index < -0.39 is 23.4 Å². The summed E-state index contributed by atoms with van der Waals surface area (Å²) in [4.78, 5) is 27.5. The van der Waals surface area contributed by atoms with E-state index in [4.69, 9.17) is 9.47 Å². The zero-order valence-electron chi connectivity index (χ0n) is 20.6. The summed E-state index contributed by atoms with van der Waals surface area (Å²) in [6.07, 6.45) is 7.33. The molecule has 1 saturated heterocycles. The zero-order valence-corrected chi connectivity index (χ0v) is 20.6. The van der Waals surface area contributed by atoms with E-state index in [0.717, 1.165) is 44.2 Å². The Balaban J connectivity index is 1.19. The van der Waals surface area contributed by atoms with Gasteiger partial charge in [0.25, 0.3) is 5.91 Å². The number of nitrogens with zero attached hydrogens (tertiary/aromatic N) is 1. The van der Waals surface area contributed by atoms with Gasteiger partial charge in [-0.15, -0.1) is 0 Å². The van der Waals surface area contributed by atoms with E-state index >= 15 is 0 Å². The highest BCUT2D eigenvalue weighted by atomic mass is 19.2. The summed E-state index contributed by atoms with van der Waals surface area (Å²) in [6.45, 7) is 1.67. The van der Waals surface area contributed by atoms with E-state index in [0.29, 0.717) is 42.7 Å². The van der Waals surface area contributed by atoms with E-state index in [2.05, 4.69) is 5.32 Å². The molecule has 2 aliphatic carbocycles. The van der Waals surface area contributed by atoms with Crippen LogP contribution in [0.4, 0.5) is 13.2 Å². The molecule has 1 spiro atoms. The van der Waals surface area contributed by atoms with Crippen LogP contribution in [0.25, 0.3) is 6.08 Å². The number of hydrogen-bond donors (Lipinski definition) is 1. The van der Waals surface area contributed by atoms with E-state index in [9.17, 15) is 22.8 Å². The fraction of sp³-hybridized carbons (Fsp3) is 0.429. The molecule has 1 unspecified atom stereocenters. The van der Waals surface area contributed by atoms with Gasteiger partial charge in [0.1, 0.15) is 0 Å². The van der Waals surface area contributed by atoms with Crippen LogP contribution in [0.1, 0.15) is 48.0 Å². The van der Waals surface area contributed by atoms with Gasteiger partial charge < -0.3 is 19.7 Å². The number of carbonyl (C=O) groups excluding carboxylic acids is 2. The first-order valence-corrected chi connectivity index (χ1v) is 12.5. The second-order valence-corrected chi connectivity index (χ2v) is 10.2. The number of carbonyl (C=O) groups is 2. The Kier molecular flexibility index (Phi) is 6.88. The number of methoxy groups -OCH3 is 1. The number of ether oxygens (including phenoxy) is 2. The topological polar surface area (TPSA) is 67.9 Å². The first-order chi connectivity index (χ1) is 17.8. The van der Waals surface area contributed by atoms with Crippen molar-refractivity contribution >= 4 is 17.9 Å². The van der Waals surface area contributed by atoms with Crippen molar-refractivity contribution in [2.45, 2.75) is 38.1 Å². The maximum absolute atomic E-state index is 13.4. The number of rotatable bonds is 8. The minimum atomic E-state index is -1.55. The fourth-order valence-corrected chi connectivity index (χ4v) is 5.26. The average molecular weight is 515 g/mol. The quantitative estimate of drug-likeness (QED) is 0.409. The molecule has 5 rings (SSSR count). The van der Waals surface area contributed by atoms with Gasteiger partial charge >= 0.3 is 0 Å². The summed E-state index contributed by atoms with van der Waals surface area (Å²) in [7, 11) is 1.57. The van der Waals surface area contributed by atoms with Crippen LogP contribution in [-0.4, -0.2) is 49.6 Å². The van der Waals surface area contributed by atoms with Gasteiger partial charge in [-0.25, -0.2) is 13.2 Å². The summed E-state index contributed by atoms with van der Waals surface area (Å²) in [6, 6.07) is 6.75. The van der Waals surface area contributed by atoms with Crippen molar-refractivity contribution < 1.29 is 32.2 Å². The Morgan fingerprint density at radius 3 is 2.49 bits per heavy atom. The third kappa shape index (κ3) is 5.31. The van der Waals surface area contributed by atoms with Gasteiger partial charge in [-0.3, -0.25) is 9.59 Å². The first-order valence-electron chi connectivity index (χ1n) is 12.5. The largest absolute Gasteiger partial charge is 0.493 e. The van der Waals surface area contributed by atoms with Crippen LogP contribution in [0.5, 0.6) is 11.5 Å². The van der Waals surface area contributed by atoms with Crippen LogP contribution in [0, 0.1) is 28.8 Å². The Labute approximate surface area is 213 Å². The average Bonchev–Trinajstić information content (AvgIpc) is 3.61. The van der Waals surface area contributed by atoms with E-state index in [1.807, 2.05) is 0 Å². The molecule has 2 aromatic carbocycles. The van der Waals surface area contributed by atoms with Gasteiger partial charge in [-0.2, -0.15) is 0 Å². The third-order valence-electron chi connectivity index (χ3n) is 7.54. The Hall–Kier alpha value is -3.49. The van der Waals surface area contributed by atoms with Crippen LogP contribution in [0.2, 0.25) is 0 Å². The van der Waals surface area contributed by atoms with Crippen molar-refractivity contribution in [3.05, 3.63) is 65.0 Å². The van der Waals surface area contributed by atoms with Crippen LogP contribution in [-0.2, 0) is 4.79 Å². The molecular weight excluding hydrogens is 485 g/mol. The second-order valence-electron chi connectivity index (χ2n) is 10.2. The van der Waals surface area contributed by atoms with E-state index in [1.165, 1.54) is 12.2 Å². The van der Waals surface area contributed by atoms with Crippen molar-refractivity contribution in [1.82, 2.24) is 10.2 Å². The minimum Gasteiger partial charge on any atom is -0.493 e. The second kappa shape index (κ2) is 10.1. The molecule has 0 radical (unpaired) electrons. The van der Waals surface area contributed by atoms with Gasteiger partial charge in [0.15, 0.2) is 29.0 Å². The predicted molar refractivity (Wildman–Crippen MR) is 131 cm³/mol. The lowest BCUT2D eigenvalue weighted by Gasteiger charge is -2.51. The van der Waals surface area contributed by atoms with E-state index in [-0.39, 0.29) is 22.9 Å². The summed E-state index contributed by atoms with van der Waals surface area (Å²) in [5.41, 5.74) is 0.375. The van der Waals surface area contributed by atoms with Crippen LogP contribution in [0.3, 0.4) is 0 Å². The summed E-state index contributed by atoms with van der Waals surface area (Å²) >= 11 is 0. The third-order valence-corrected chi connectivity index (χ3v) is 7.54. The minimum absolute atomic E-state index is 0.0491. The lowest BCUT2D eigenvalue weighted by Crippen LogP contribution is -2.64. The molecule has 0 aromatic heterocycles. The van der Waals surface area contributed by atoms with Crippen molar-refractivity contribution in [2.24, 2.45) is 11.3 Å². The van der Waals surface area contributed by atoms with Gasteiger partial charge in [0.05, 0.1) is 13.7 Å². The highest BCUT2D eigenvalue weighted by Crippen LogP contribution is 2.46. The molecule has 9 heteroatoms. The van der Waals surface area contributed by atoms with Crippen LogP contribution >= 0.6 is 0 Å². The first kappa shape index (κ1) is 25.2. The van der Waals surface area contributed by atoms with Gasteiger partial charge in [0.2, 0.25) is 5.91 Å². The maximum atomic E-state index is 13.4. The predicted octanol–water partition coefficient (Wildman–Crippen LogP) is 4.73. The molecule has 3 fully saturated rings. The molecule has 3 aliphatic rings. The Bertz CT molecular complexity index is 1210. The Morgan fingerprint density at radius 1 is 1.08 bits per heavy atom. The molecule has 2 saturated carbocycles. The number of halogens is 3. The van der Waals surface area contributed by atoms with Gasteiger partial charge in [-0.1, -0.05) is 6.42 Å². The fourth-order valence-electron chi connectivity index (χ4n) is 5.26. The zero-order chi connectivity index (χ0) is 26.2. The van der Waals surface area contributed by atoms with Gasteiger partial charge in [-0.05, 0) is 73.6 Å². The lowest BCUT2D eigenvalue weighted by atomic mass is 9.74. The molecular formula is C28H29F3N2O4. The molecule has 1 aliphatic heterocycles.